The van der Waals surface area contributed by atoms with Crippen LogP contribution in [0.25, 0.3) is 0 Å². The van der Waals surface area contributed by atoms with Gasteiger partial charge in [0, 0.05) is 0 Å². The smallest absolute Gasteiger partial charge is 0.103 e. The van der Waals surface area contributed by atoms with Crippen molar-refractivity contribution >= 4 is 0 Å². The molecule has 3 heteroatoms. The second kappa shape index (κ2) is 5.41. The predicted molar refractivity (Wildman–Crippen MR) is 38.7 cm³/mol. The molecule has 2 unspecified atom stereocenters. The number of hydrogen-bond donors (Lipinski definition) is 2. The standard InChI is InChI=1S/C7H14O3/c1-3-4-10-5-7(9)6(2)8/h3,6-9H,1,4-5H2,2H3. The van der Waals surface area contributed by atoms with Crippen molar-refractivity contribution < 1.29 is 14.9 Å². The molecule has 3 nitrogen and oxygen atoms in total. The van der Waals surface area contributed by atoms with Gasteiger partial charge in [0.1, 0.15) is 6.10 Å². The molecular weight excluding hydrogens is 132 g/mol. The second-order valence-corrected chi connectivity index (χ2v) is 2.13. The van der Waals surface area contributed by atoms with Crippen LogP contribution >= 0.6 is 0 Å². The van der Waals surface area contributed by atoms with Gasteiger partial charge in [-0.1, -0.05) is 6.08 Å². The fraction of sp³-hybridized carbons (Fsp3) is 0.714. The lowest BCUT2D eigenvalue weighted by molar-refractivity contribution is -0.0244. The Morgan fingerprint density at radius 2 is 2.20 bits per heavy atom. The molecule has 0 radical (unpaired) electrons. The Morgan fingerprint density at radius 1 is 1.60 bits per heavy atom. The normalized spacial score (nSPS) is 16.3. The molecule has 0 saturated carbocycles. The summed E-state index contributed by atoms with van der Waals surface area (Å²) in [4.78, 5) is 0. The van der Waals surface area contributed by atoms with Gasteiger partial charge in [-0.05, 0) is 6.92 Å². The predicted octanol–water partition coefficient (Wildman–Crippen LogP) is -0.0693. The molecule has 0 aliphatic carbocycles. The minimum atomic E-state index is -0.792. The van der Waals surface area contributed by atoms with Gasteiger partial charge in [-0.15, -0.1) is 6.58 Å². The lowest BCUT2D eigenvalue weighted by atomic mass is 10.2. The van der Waals surface area contributed by atoms with Crippen molar-refractivity contribution in [3.63, 3.8) is 0 Å². The minimum Gasteiger partial charge on any atom is -0.391 e. The van der Waals surface area contributed by atoms with Crippen LogP contribution in [0.2, 0.25) is 0 Å². The zero-order chi connectivity index (χ0) is 7.98. The summed E-state index contributed by atoms with van der Waals surface area (Å²) in [7, 11) is 0. The highest BCUT2D eigenvalue weighted by Crippen LogP contribution is 1.92. The molecule has 0 saturated heterocycles. The van der Waals surface area contributed by atoms with Crippen molar-refractivity contribution in [1.29, 1.82) is 0 Å². The Morgan fingerprint density at radius 3 is 2.60 bits per heavy atom. The summed E-state index contributed by atoms with van der Waals surface area (Å²) in [6.07, 6.45) is 0.0687. The van der Waals surface area contributed by atoms with Crippen molar-refractivity contribution in [2.75, 3.05) is 13.2 Å². The number of aliphatic hydroxyl groups excluding tert-OH is 2. The molecule has 60 valence electrons. The number of rotatable bonds is 5. The van der Waals surface area contributed by atoms with Crippen molar-refractivity contribution in [2.45, 2.75) is 19.1 Å². The highest BCUT2D eigenvalue weighted by molar-refractivity contribution is 4.66. The average molecular weight is 146 g/mol. The average Bonchev–Trinajstić information content (AvgIpc) is 1.88. The van der Waals surface area contributed by atoms with Crippen LogP contribution in [-0.4, -0.2) is 35.6 Å². The molecule has 0 aromatic carbocycles. The molecule has 2 N–H and O–H groups in total. The van der Waals surface area contributed by atoms with Crippen LogP contribution < -0.4 is 0 Å². The Bertz CT molecular complexity index is 90.9. The van der Waals surface area contributed by atoms with E-state index in [0.717, 1.165) is 0 Å². The summed E-state index contributed by atoms with van der Waals surface area (Å²) in [5.41, 5.74) is 0. The zero-order valence-corrected chi connectivity index (χ0v) is 6.16. The van der Waals surface area contributed by atoms with E-state index in [1.807, 2.05) is 0 Å². The van der Waals surface area contributed by atoms with E-state index in [4.69, 9.17) is 14.9 Å². The Kier molecular flexibility index (Phi) is 5.20. The second-order valence-electron chi connectivity index (χ2n) is 2.13. The van der Waals surface area contributed by atoms with Crippen LogP contribution in [0.5, 0.6) is 0 Å². The fourth-order valence-electron chi connectivity index (χ4n) is 0.411. The first-order chi connectivity index (χ1) is 4.68. The third kappa shape index (κ3) is 4.49. The van der Waals surface area contributed by atoms with E-state index in [0.29, 0.717) is 6.61 Å². The molecule has 0 aromatic heterocycles. The van der Waals surface area contributed by atoms with E-state index in [-0.39, 0.29) is 6.61 Å². The summed E-state index contributed by atoms with van der Waals surface area (Å²) < 4.78 is 4.88. The van der Waals surface area contributed by atoms with Gasteiger partial charge < -0.3 is 14.9 Å². The summed E-state index contributed by atoms with van der Waals surface area (Å²) in [5, 5.41) is 17.7. The maximum Gasteiger partial charge on any atom is 0.103 e. The van der Waals surface area contributed by atoms with E-state index < -0.39 is 12.2 Å². The van der Waals surface area contributed by atoms with Crippen LogP contribution in [0.1, 0.15) is 6.92 Å². The third-order valence-corrected chi connectivity index (χ3v) is 1.08. The molecule has 2 atom stereocenters. The molecule has 0 heterocycles. The number of hydrogen-bond acceptors (Lipinski definition) is 3. The van der Waals surface area contributed by atoms with Crippen LogP contribution in [0.3, 0.4) is 0 Å². The van der Waals surface area contributed by atoms with Gasteiger partial charge in [-0.2, -0.15) is 0 Å². The van der Waals surface area contributed by atoms with Gasteiger partial charge in [-0.3, -0.25) is 0 Å². The molecule has 0 fully saturated rings. The Labute approximate surface area is 60.9 Å². The summed E-state index contributed by atoms with van der Waals surface area (Å²) in [6, 6.07) is 0. The first-order valence-electron chi connectivity index (χ1n) is 3.23. The van der Waals surface area contributed by atoms with E-state index in [1.165, 1.54) is 6.92 Å². The molecular formula is C7H14O3. The largest absolute Gasteiger partial charge is 0.391 e. The van der Waals surface area contributed by atoms with Crippen molar-refractivity contribution in [3.8, 4) is 0 Å². The topological polar surface area (TPSA) is 49.7 Å². The maximum atomic E-state index is 8.94. The third-order valence-electron chi connectivity index (χ3n) is 1.08. The van der Waals surface area contributed by atoms with E-state index in [2.05, 4.69) is 6.58 Å². The number of ether oxygens (including phenoxy) is 1. The molecule has 0 aliphatic rings. The summed E-state index contributed by atoms with van der Waals surface area (Å²) >= 11 is 0. The van der Waals surface area contributed by atoms with E-state index in [1.54, 1.807) is 6.08 Å². The number of aliphatic hydroxyl groups is 2. The van der Waals surface area contributed by atoms with Crippen LogP contribution in [0.15, 0.2) is 12.7 Å². The highest BCUT2D eigenvalue weighted by atomic mass is 16.5. The van der Waals surface area contributed by atoms with Crippen LogP contribution in [0, 0.1) is 0 Å². The SMILES string of the molecule is C=CCOCC(O)C(C)O. The van der Waals surface area contributed by atoms with Gasteiger partial charge in [-0.25, -0.2) is 0 Å². The van der Waals surface area contributed by atoms with Gasteiger partial charge in [0.2, 0.25) is 0 Å². The Balaban J connectivity index is 3.21. The minimum absolute atomic E-state index is 0.156. The van der Waals surface area contributed by atoms with Crippen LogP contribution in [0.4, 0.5) is 0 Å². The van der Waals surface area contributed by atoms with Gasteiger partial charge in [0.15, 0.2) is 0 Å². The highest BCUT2D eigenvalue weighted by Gasteiger charge is 2.09. The summed E-state index contributed by atoms with van der Waals surface area (Å²) in [5.74, 6) is 0. The first-order valence-corrected chi connectivity index (χ1v) is 3.23. The molecule has 0 bridgehead atoms. The zero-order valence-electron chi connectivity index (χ0n) is 6.16. The fourth-order valence-corrected chi connectivity index (χ4v) is 0.411. The maximum absolute atomic E-state index is 8.94. The van der Waals surface area contributed by atoms with Crippen molar-refractivity contribution in [1.82, 2.24) is 0 Å². The molecule has 0 amide bonds. The van der Waals surface area contributed by atoms with Gasteiger partial charge in [0.25, 0.3) is 0 Å². The van der Waals surface area contributed by atoms with Gasteiger partial charge in [0.05, 0.1) is 19.3 Å². The van der Waals surface area contributed by atoms with Crippen LogP contribution in [-0.2, 0) is 4.74 Å². The van der Waals surface area contributed by atoms with E-state index in [9.17, 15) is 0 Å². The molecule has 10 heavy (non-hydrogen) atoms. The quantitative estimate of drug-likeness (QED) is 0.421. The molecule has 0 aliphatic heterocycles. The van der Waals surface area contributed by atoms with Crippen molar-refractivity contribution in [3.05, 3.63) is 12.7 Å². The monoisotopic (exact) mass is 146 g/mol. The molecule has 0 spiro atoms. The molecule has 0 rings (SSSR count). The first kappa shape index (κ1) is 9.62. The van der Waals surface area contributed by atoms with E-state index >= 15 is 0 Å². The lowest BCUT2D eigenvalue weighted by Crippen LogP contribution is -2.27. The summed E-state index contributed by atoms with van der Waals surface area (Å²) in [6.45, 7) is 5.51. The lowest BCUT2D eigenvalue weighted by Gasteiger charge is -2.12. The van der Waals surface area contributed by atoms with Crippen molar-refractivity contribution in [2.24, 2.45) is 0 Å². The Hall–Kier alpha value is -0.380. The van der Waals surface area contributed by atoms with Gasteiger partial charge >= 0.3 is 0 Å². The molecule has 0 aromatic rings.